The summed E-state index contributed by atoms with van der Waals surface area (Å²) in [6.07, 6.45) is 2.03. The zero-order chi connectivity index (χ0) is 21.5. The summed E-state index contributed by atoms with van der Waals surface area (Å²) in [5, 5.41) is 8.89. The molecule has 1 aliphatic carbocycles. The van der Waals surface area contributed by atoms with Gasteiger partial charge >= 0.3 is 0 Å². The van der Waals surface area contributed by atoms with E-state index in [2.05, 4.69) is 27.8 Å². The van der Waals surface area contributed by atoms with Gasteiger partial charge in [-0.1, -0.05) is 48.2 Å². The van der Waals surface area contributed by atoms with Crippen molar-refractivity contribution in [3.05, 3.63) is 95.6 Å². The number of rotatable bonds is 6. The molecule has 3 aromatic rings. The minimum absolute atomic E-state index is 0.0775. The molecule has 4 rings (SSSR count). The Kier molecular flexibility index (Phi) is 6.29. The van der Waals surface area contributed by atoms with Gasteiger partial charge in [0, 0.05) is 22.9 Å². The third-order valence-corrected chi connectivity index (χ3v) is 4.80. The molecule has 5 heteroatoms. The SMILES string of the molecule is O=C(CNc1cccc(C#Cc2ccccc2)c1)Nc1ccccc1C(=O)NC1CC1. The Hall–Kier alpha value is -4.04. The van der Waals surface area contributed by atoms with E-state index in [4.69, 9.17) is 0 Å². The Morgan fingerprint density at radius 2 is 1.55 bits per heavy atom. The van der Waals surface area contributed by atoms with Crippen LogP contribution in [0.4, 0.5) is 11.4 Å². The second kappa shape index (κ2) is 9.64. The molecule has 154 valence electrons. The van der Waals surface area contributed by atoms with Gasteiger partial charge in [-0.25, -0.2) is 0 Å². The van der Waals surface area contributed by atoms with Gasteiger partial charge in [0.2, 0.25) is 5.91 Å². The summed E-state index contributed by atoms with van der Waals surface area (Å²) in [4.78, 5) is 24.8. The lowest BCUT2D eigenvalue weighted by Gasteiger charge is -2.12. The van der Waals surface area contributed by atoms with Gasteiger partial charge in [-0.2, -0.15) is 0 Å². The first-order valence-corrected chi connectivity index (χ1v) is 10.3. The first kappa shape index (κ1) is 20.2. The van der Waals surface area contributed by atoms with E-state index in [9.17, 15) is 9.59 Å². The summed E-state index contributed by atoms with van der Waals surface area (Å²) >= 11 is 0. The second-order valence-corrected chi connectivity index (χ2v) is 7.39. The van der Waals surface area contributed by atoms with Crippen molar-refractivity contribution >= 4 is 23.2 Å². The Labute approximate surface area is 181 Å². The molecule has 2 amide bonds. The van der Waals surface area contributed by atoms with Gasteiger partial charge in [0.05, 0.1) is 17.8 Å². The highest BCUT2D eigenvalue weighted by Crippen LogP contribution is 2.21. The molecule has 0 unspecified atom stereocenters. The van der Waals surface area contributed by atoms with Crippen LogP contribution in [0.15, 0.2) is 78.9 Å². The highest BCUT2D eigenvalue weighted by Gasteiger charge is 2.24. The average molecular weight is 409 g/mol. The molecule has 0 aromatic heterocycles. The van der Waals surface area contributed by atoms with Crippen LogP contribution in [-0.4, -0.2) is 24.4 Å². The number of benzene rings is 3. The maximum Gasteiger partial charge on any atom is 0.253 e. The van der Waals surface area contributed by atoms with Crippen LogP contribution < -0.4 is 16.0 Å². The monoisotopic (exact) mass is 409 g/mol. The van der Waals surface area contributed by atoms with Crippen LogP contribution in [0.2, 0.25) is 0 Å². The third-order valence-electron chi connectivity index (χ3n) is 4.80. The maximum atomic E-state index is 12.5. The fraction of sp³-hybridized carbons (Fsp3) is 0.154. The molecule has 0 aliphatic heterocycles. The minimum atomic E-state index is -0.229. The van der Waals surface area contributed by atoms with Crippen LogP contribution in [0.3, 0.4) is 0 Å². The number of para-hydroxylation sites is 1. The zero-order valence-electron chi connectivity index (χ0n) is 17.0. The van der Waals surface area contributed by atoms with Crippen molar-refractivity contribution in [3.63, 3.8) is 0 Å². The van der Waals surface area contributed by atoms with Gasteiger partial charge in [-0.05, 0) is 55.3 Å². The van der Waals surface area contributed by atoms with Gasteiger partial charge in [0.1, 0.15) is 0 Å². The predicted molar refractivity (Wildman–Crippen MR) is 123 cm³/mol. The van der Waals surface area contributed by atoms with Crippen LogP contribution in [0.1, 0.15) is 34.3 Å². The van der Waals surface area contributed by atoms with Crippen molar-refractivity contribution in [2.45, 2.75) is 18.9 Å². The molecule has 0 heterocycles. The summed E-state index contributed by atoms with van der Waals surface area (Å²) < 4.78 is 0. The molecule has 0 bridgehead atoms. The lowest BCUT2D eigenvalue weighted by atomic mass is 10.1. The van der Waals surface area contributed by atoms with Crippen LogP contribution in [0.25, 0.3) is 0 Å². The number of carbonyl (C=O) groups excluding carboxylic acids is 2. The lowest BCUT2D eigenvalue weighted by molar-refractivity contribution is -0.114. The van der Waals surface area contributed by atoms with Gasteiger partial charge in [0.15, 0.2) is 0 Å². The molecule has 3 N–H and O–H groups in total. The molecule has 1 aliphatic rings. The average Bonchev–Trinajstić information content (AvgIpc) is 3.62. The summed E-state index contributed by atoms with van der Waals surface area (Å²) in [5.41, 5.74) is 3.59. The predicted octanol–water partition coefficient (Wildman–Crippen LogP) is 4.03. The third kappa shape index (κ3) is 5.97. The van der Waals surface area contributed by atoms with Crippen molar-refractivity contribution in [3.8, 4) is 11.8 Å². The van der Waals surface area contributed by atoms with E-state index in [0.717, 1.165) is 29.7 Å². The van der Waals surface area contributed by atoms with Crippen molar-refractivity contribution < 1.29 is 9.59 Å². The lowest BCUT2D eigenvalue weighted by Crippen LogP contribution is -2.28. The van der Waals surface area contributed by atoms with E-state index in [-0.39, 0.29) is 24.4 Å². The van der Waals surface area contributed by atoms with E-state index in [0.29, 0.717) is 11.3 Å². The number of hydrogen-bond acceptors (Lipinski definition) is 3. The van der Waals surface area contributed by atoms with E-state index in [1.807, 2.05) is 54.6 Å². The smallest absolute Gasteiger partial charge is 0.253 e. The van der Waals surface area contributed by atoms with E-state index in [1.54, 1.807) is 24.3 Å². The number of anilines is 2. The fourth-order valence-electron chi connectivity index (χ4n) is 3.03. The first-order valence-electron chi connectivity index (χ1n) is 10.3. The molecule has 1 fully saturated rings. The van der Waals surface area contributed by atoms with Gasteiger partial charge in [-0.15, -0.1) is 0 Å². The Bertz CT molecular complexity index is 1140. The summed E-state index contributed by atoms with van der Waals surface area (Å²) in [6, 6.07) is 24.7. The Balaban J connectivity index is 1.35. The molecular formula is C26H23N3O2. The van der Waals surface area contributed by atoms with Crippen LogP contribution >= 0.6 is 0 Å². The van der Waals surface area contributed by atoms with E-state index >= 15 is 0 Å². The first-order chi connectivity index (χ1) is 15.2. The molecule has 3 aromatic carbocycles. The molecule has 0 saturated heterocycles. The quantitative estimate of drug-likeness (QED) is 0.539. The highest BCUT2D eigenvalue weighted by atomic mass is 16.2. The van der Waals surface area contributed by atoms with Crippen LogP contribution in [0, 0.1) is 11.8 Å². The Morgan fingerprint density at radius 1 is 0.839 bits per heavy atom. The largest absolute Gasteiger partial charge is 0.376 e. The normalized spacial score (nSPS) is 12.3. The fourth-order valence-corrected chi connectivity index (χ4v) is 3.03. The van der Waals surface area contributed by atoms with Crippen molar-refractivity contribution in [2.24, 2.45) is 0 Å². The molecule has 0 radical (unpaired) electrons. The molecular weight excluding hydrogens is 386 g/mol. The molecule has 0 spiro atoms. The molecule has 1 saturated carbocycles. The summed E-state index contributed by atoms with van der Waals surface area (Å²) in [7, 11) is 0. The molecule has 5 nitrogen and oxygen atoms in total. The van der Waals surface area contributed by atoms with Gasteiger partial charge < -0.3 is 16.0 Å². The summed E-state index contributed by atoms with van der Waals surface area (Å²) in [5.74, 6) is 5.87. The number of hydrogen-bond donors (Lipinski definition) is 3. The standard InChI is InChI=1S/C26H23N3O2/c30-25(29-24-12-5-4-11-23(24)26(31)28-21-15-16-21)18-27-22-10-6-9-20(17-22)14-13-19-7-2-1-3-8-19/h1-12,17,21,27H,15-16,18H2,(H,28,31)(H,29,30). The Morgan fingerprint density at radius 3 is 2.35 bits per heavy atom. The topological polar surface area (TPSA) is 70.2 Å². The van der Waals surface area contributed by atoms with Crippen LogP contribution in [-0.2, 0) is 4.79 Å². The zero-order valence-corrected chi connectivity index (χ0v) is 17.0. The number of amides is 2. The van der Waals surface area contributed by atoms with Crippen molar-refractivity contribution in [2.75, 3.05) is 17.2 Å². The van der Waals surface area contributed by atoms with E-state index < -0.39 is 0 Å². The number of carbonyl (C=O) groups is 2. The van der Waals surface area contributed by atoms with Crippen molar-refractivity contribution in [1.29, 1.82) is 0 Å². The molecule has 0 atom stereocenters. The summed E-state index contributed by atoms with van der Waals surface area (Å²) in [6.45, 7) is 0.0775. The van der Waals surface area contributed by atoms with Gasteiger partial charge in [0.25, 0.3) is 5.91 Å². The van der Waals surface area contributed by atoms with Crippen molar-refractivity contribution in [1.82, 2.24) is 5.32 Å². The number of nitrogens with one attached hydrogen (secondary N) is 3. The van der Waals surface area contributed by atoms with Crippen LogP contribution in [0.5, 0.6) is 0 Å². The van der Waals surface area contributed by atoms with Gasteiger partial charge in [-0.3, -0.25) is 9.59 Å². The maximum absolute atomic E-state index is 12.5. The molecule has 31 heavy (non-hydrogen) atoms. The second-order valence-electron chi connectivity index (χ2n) is 7.39. The van der Waals surface area contributed by atoms with E-state index in [1.165, 1.54) is 0 Å². The minimum Gasteiger partial charge on any atom is -0.376 e. The highest BCUT2D eigenvalue weighted by molar-refractivity contribution is 6.04.